The summed E-state index contributed by atoms with van der Waals surface area (Å²) in [5.74, 6) is -0.273. The molecule has 4 rings (SSSR count). The van der Waals surface area contributed by atoms with Gasteiger partial charge in [-0.2, -0.15) is 0 Å². The van der Waals surface area contributed by atoms with Crippen LogP contribution in [0, 0.1) is 0 Å². The molecule has 0 amide bonds. The van der Waals surface area contributed by atoms with E-state index in [0.717, 1.165) is 26.2 Å². The van der Waals surface area contributed by atoms with Crippen LogP contribution in [0.1, 0.15) is 39.9 Å². The van der Waals surface area contributed by atoms with Crippen LogP contribution in [0.3, 0.4) is 0 Å². The summed E-state index contributed by atoms with van der Waals surface area (Å²) < 4.78 is 4.78. The van der Waals surface area contributed by atoms with E-state index in [-0.39, 0.29) is 5.97 Å². The molecule has 1 fully saturated rings. The molecule has 1 atom stereocenters. The van der Waals surface area contributed by atoms with Crippen LogP contribution in [0.15, 0.2) is 48.5 Å². The smallest absolute Gasteiger partial charge is 0.337 e. The minimum absolute atomic E-state index is 0.273. The van der Waals surface area contributed by atoms with E-state index < -0.39 is 0 Å². The highest BCUT2D eigenvalue weighted by atomic mass is 16.5. The van der Waals surface area contributed by atoms with Crippen molar-refractivity contribution in [2.24, 2.45) is 0 Å². The molecule has 0 aromatic heterocycles. The predicted octanol–water partition coefficient (Wildman–Crippen LogP) is 3.50. The number of fused-ring (bicyclic) bond motifs is 1. The molecule has 1 saturated heterocycles. The average Bonchev–Trinajstić information content (AvgIpc) is 2.73. The first-order chi connectivity index (χ1) is 13.2. The van der Waals surface area contributed by atoms with Gasteiger partial charge in [-0.3, -0.25) is 9.80 Å². The molecule has 1 unspecified atom stereocenters. The highest BCUT2D eigenvalue weighted by Crippen LogP contribution is 2.25. The number of nitrogens with zero attached hydrogens (tertiary/aromatic N) is 2. The fourth-order valence-corrected chi connectivity index (χ4v) is 4.42. The first kappa shape index (κ1) is 18.2. The lowest BCUT2D eigenvalue weighted by atomic mass is 9.96. The van der Waals surface area contributed by atoms with Crippen molar-refractivity contribution in [1.29, 1.82) is 0 Å². The van der Waals surface area contributed by atoms with Crippen LogP contribution < -0.4 is 0 Å². The van der Waals surface area contributed by atoms with Gasteiger partial charge in [0.15, 0.2) is 0 Å². The van der Waals surface area contributed by atoms with Gasteiger partial charge in [-0.05, 0) is 54.6 Å². The number of benzene rings is 2. The summed E-state index contributed by atoms with van der Waals surface area (Å²) in [6, 6.07) is 17.3. The van der Waals surface area contributed by atoms with Crippen molar-refractivity contribution in [1.82, 2.24) is 9.80 Å². The van der Waals surface area contributed by atoms with Crippen molar-refractivity contribution in [2.45, 2.75) is 38.4 Å². The zero-order valence-electron chi connectivity index (χ0n) is 16.1. The molecule has 0 radical (unpaired) electrons. The third-order valence-corrected chi connectivity index (χ3v) is 5.94. The van der Waals surface area contributed by atoms with Crippen molar-refractivity contribution >= 4 is 5.97 Å². The largest absolute Gasteiger partial charge is 0.465 e. The molecule has 142 valence electrons. The predicted molar refractivity (Wildman–Crippen MR) is 107 cm³/mol. The molecule has 2 heterocycles. The third kappa shape index (κ3) is 4.23. The van der Waals surface area contributed by atoms with Crippen LogP contribution in [0.5, 0.6) is 0 Å². The van der Waals surface area contributed by atoms with E-state index >= 15 is 0 Å². The zero-order valence-corrected chi connectivity index (χ0v) is 16.1. The lowest BCUT2D eigenvalue weighted by Gasteiger charge is -2.41. The quantitative estimate of drug-likeness (QED) is 0.778. The Kier molecular flexibility index (Phi) is 5.55. The maximum Gasteiger partial charge on any atom is 0.337 e. The zero-order chi connectivity index (χ0) is 18.6. The Morgan fingerprint density at radius 2 is 1.85 bits per heavy atom. The normalized spacial score (nSPS) is 20.9. The highest BCUT2D eigenvalue weighted by molar-refractivity contribution is 5.89. The summed E-state index contributed by atoms with van der Waals surface area (Å²) in [7, 11) is 1.42. The molecule has 2 aromatic rings. The third-order valence-electron chi connectivity index (χ3n) is 5.94. The van der Waals surface area contributed by atoms with Gasteiger partial charge >= 0.3 is 5.97 Å². The van der Waals surface area contributed by atoms with Crippen molar-refractivity contribution in [2.75, 3.05) is 26.7 Å². The van der Waals surface area contributed by atoms with Gasteiger partial charge in [-0.25, -0.2) is 4.79 Å². The second-order valence-corrected chi connectivity index (χ2v) is 7.71. The molecular formula is C23H28N2O2. The topological polar surface area (TPSA) is 32.8 Å². The van der Waals surface area contributed by atoms with Gasteiger partial charge in [0.1, 0.15) is 0 Å². The SMILES string of the molecule is COC(=O)c1ccc(CN2CCCC(N3CCc4ccccc4C3)C2)cc1. The molecule has 2 aliphatic heterocycles. The van der Waals surface area contributed by atoms with Gasteiger partial charge in [0.05, 0.1) is 12.7 Å². The number of carbonyl (C=O) groups is 1. The minimum atomic E-state index is -0.273. The Hall–Kier alpha value is -2.17. The summed E-state index contributed by atoms with van der Waals surface area (Å²) in [6.07, 6.45) is 3.71. The van der Waals surface area contributed by atoms with Crippen LogP contribution in [0.4, 0.5) is 0 Å². The minimum Gasteiger partial charge on any atom is -0.465 e. The Morgan fingerprint density at radius 3 is 2.63 bits per heavy atom. The number of ether oxygens (including phenoxy) is 1. The summed E-state index contributed by atoms with van der Waals surface area (Å²) in [5, 5.41) is 0. The van der Waals surface area contributed by atoms with E-state index in [0.29, 0.717) is 11.6 Å². The van der Waals surface area contributed by atoms with Crippen LogP contribution >= 0.6 is 0 Å². The van der Waals surface area contributed by atoms with E-state index in [9.17, 15) is 4.79 Å². The van der Waals surface area contributed by atoms with E-state index in [2.05, 4.69) is 34.1 Å². The molecule has 2 aliphatic rings. The lowest BCUT2D eigenvalue weighted by Crippen LogP contribution is -2.49. The van der Waals surface area contributed by atoms with Crippen LogP contribution in [-0.2, 0) is 24.2 Å². The highest BCUT2D eigenvalue weighted by Gasteiger charge is 2.27. The molecular weight excluding hydrogens is 336 g/mol. The number of likely N-dealkylation sites (tertiary alicyclic amines) is 1. The van der Waals surface area contributed by atoms with E-state index in [1.165, 1.54) is 49.6 Å². The number of piperidine rings is 1. The summed E-state index contributed by atoms with van der Waals surface area (Å²) in [5.41, 5.74) is 4.89. The van der Waals surface area contributed by atoms with Crippen molar-refractivity contribution in [3.63, 3.8) is 0 Å². The summed E-state index contributed by atoms with van der Waals surface area (Å²) in [4.78, 5) is 16.8. The lowest BCUT2D eigenvalue weighted by molar-refractivity contribution is 0.0600. The Labute approximate surface area is 161 Å². The summed E-state index contributed by atoms with van der Waals surface area (Å²) >= 11 is 0. The average molecular weight is 364 g/mol. The monoisotopic (exact) mass is 364 g/mol. The number of carbonyl (C=O) groups excluding carboxylic acids is 1. The number of methoxy groups -OCH3 is 1. The molecule has 0 spiro atoms. The van der Waals surface area contributed by atoms with Gasteiger partial charge in [0, 0.05) is 32.2 Å². The molecule has 4 heteroatoms. The van der Waals surface area contributed by atoms with Gasteiger partial charge in [0.25, 0.3) is 0 Å². The standard InChI is InChI=1S/C23H28N2O2/c1-27-23(26)20-10-8-18(9-11-20)15-24-13-4-7-22(17-24)25-14-12-19-5-2-3-6-21(19)16-25/h2-3,5-6,8-11,22H,4,7,12-17H2,1H3. The number of hydrogen-bond donors (Lipinski definition) is 0. The Balaban J connectivity index is 1.36. The first-order valence-electron chi connectivity index (χ1n) is 9.93. The molecule has 4 nitrogen and oxygen atoms in total. The number of esters is 1. The van der Waals surface area contributed by atoms with Crippen molar-refractivity contribution in [3.8, 4) is 0 Å². The number of rotatable bonds is 4. The first-order valence-corrected chi connectivity index (χ1v) is 9.93. The summed E-state index contributed by atoms with van der Waals surface area (Å²) in [6.45, 7) is 5.48. The molecule has 0 bridgehead atoms. The molecule has 0 N–H and O–H groups in total. The Bertz CT molecular complexity index is 787. The fourth-order valence-electron chi connectivity index (χ4n) is 4.42. The fraction of sp³-hybridized carbons (Fsp3) is 0.435. The van der Waals surface area contributed by atoms with Crippen LogP contribution in [0.25, 0.3) is 0 Å². The van der Waals surface area contributed by atoms with E-state index in [4.69, 9.17) is 4.74 Å². The van der Waals surface area contributed by atoms with Crippen molar-refractivity contribution in [3.05, 3.63) is 70.8 Å². The molecule has 2 aromatic carbocycles. The second-order valence-electron chi connectivity index (χ2n) is 7.71. The molecule has 0 aliphatic carbocycles. The Morgan fingerprint density at radius 1 is 1.07 bits per heavy atom. The molecule has 27 heavy (non-hydrogen) atoms. The van der Waals surface area contributed by atoms with E-state index in [1.807, 2.05) is 24.3 Å². The van der Waals surface area contributed by atoms with Crippen molar-refractivity contribution < 1.29 is 9.53 Å². The second kappa shape index (κ2) is 8.24. The van der Waals surface area contributed by atoms with Crippen LogP contribution in [-0.4, -0.2) is 48.6 Å². The maximum atomic E-state index is 11.6. The van der Waals surface area contributed by atoms with Gasteiger partial charge < -0.3 is 4.74 Å². The van der Waals surface area contributed by atoms with E-state index in [1.54, 1.807) is 0 Å². The molecule has 0 saturated carbocycles. The van der Waals surface area contributed by atoms with Crippen LogP contribution in [0.2, 0.25) is 0 Å². The number of hydrogen-bond acceptors (Lipinski definition) is 4. The van der Waals surface area contributed by atoms with Gasteiger partial charge in [-0.1, -0.05) is 36.4 Å². The maximum absolute atomic E-state index is 11.6. The van der Waals surface area contributed by atoms with Gasteiger partial charge in [-0.15, -0.1) is 0 Å². The van der Waals surface area contributed by atoms with Gasteiger partial charge in [0.2, 0.25) is 0 Å².